The number of carbonyl (C=O) groups is 1. The molecule has 0 aliphatic carbocycles. The molecule has 0 saturated heterocycles. The molecule has 0 aromatic heterocycles. The number of rotatable bonds is 4. The molecule has 2 rings (SSSR count). The van der Waals surface area contributed by atoms with Gasteiger partial charge in [-0.05, 0) is 44.2 Å². The predicted octanol–water partition coefficient (Wildman–Crippen LogP) is 5.79. The molecule has 2 aromatic rings. The third kappa shape index (κ3) is 4.92. The van der Waals surface area contributed by atoms with Crippen LogP contribution in [0.3, 0.4) is 0 Å². The third-order valence-corrected chi connectivity index (χ3v) is 4.60. The molecule has 2 nitrogen and oxygen atoms in total. The number of hydrogen-bond acceptors (Lipinski definition) is 2. The zero-order chi connectivity index (χ0) is 17.9. The van der Waals surface area contributed by atoms with E-state index in [1.54, 1.807) is 6.92 Å². The highest BCUT2D eigenvalue weighted by molar-refractivity contribution is 8.00. The summed E-state index contributed by atoms with van der Waals surface area (Å²) in [4.78, 5) is 13.1. The van der Waals surface area contributed by atoms with Crippen LogP contribution in [0.2, 0.25) is 5.02 Å². The molecule has 128 valence electrons. The van der Waals surface area contributed by atoms with Gasteiger partial charge in [0.05, 0.1) is 16.5 Å². The summed E-state index contributed by atoms with van der Waals surface area (Å²) in [5.41, 5.74) is -0.170. The van der Waals surface area contributed by atoms with E-state index in [2.05, 4.69) is 5.32 Å². The molecule has 1 unspecified atom stereocenters. The van der Waals surface area contributed by atoms with Crippen LogP contribution < -0.4 is 5.32 Å². The van der Waals surface area contributed by atoms with E-state index in [1.807, 2.05) is 31.2 Å². The van der Waals surface area contributed by atoms with E-state index >= 15 is 0 Å². The third-order valence-electron chi connectivity index (χ3n) is 3.25. The summed E-state index contributed by atoms with van der Waals surface area (Å²) < 4.78 is 39.1. The van der Waals surface area contributed by atoms with E-state index < -0.39 is 22.9 Å². The highest BCUT2D eigenvalue weighted by Crippen LogP contribution is 2.37. The minimum Gasteiger partial charge on any atom is -0.325 e. The molecule has 0 saturated carbocycles. The van der Waals surface area contributed by atoms with E-state index in [0.29, 0.717) is 0 Å². The molecule has 0 bridgehead atoms. The average molecular weight is 374 g/mol. The van der Waals surface area contributed by atoms with Crippen LogP contribution in [0.4, 0.5) is 18.9 Å². The van der Waals surface area contributed by atoms with Crippen LogP contribution in [0.25, 0.3) is 0 Å². The fourth-order valence-electron chi connectivity index (χ4n) is 1.97. The topological polar surface area (TPSA) is 29.1 Å². The number of thioether (sulfide) groups is 1. The number of anilines is 1. The molecule has 24 heavy (non-hydrogen) atoms. The van der Waals surface area contributed by atoms with Crippen molar-refractivity contribution in [3.63, 3.8) is 0 Å². The monoisotopic (exact) mass is 373 g/mol. The van der Waals surface area contributed by atoms with Gasteiger partial charge < -0.3 is 5.32 Å². The molecular formula is C17H15ClF3NOS. The first-order valence-corrected chi connectivity index (χ1v) is 8.33. The number of amides is 1. The number of aryl methyl sites for hydroxylation is 1. The van der Waals surface area contributed by atoms with Gasteiger partial charge in [-0.15, -0.1) is 11.8 Å². The minimum atomic E-state index is -4.60. The van der Waals surface area contributed by atoms with Crippen LogP contribution in [0.1, 0.15) is 18.1 Å². The molecule has 0 spiro atoms. The molecule has 0 aliphatic heterocycles. The number of halogens is 4. The van der Waals surface area contributed by atoms with Crippen molar-refractivity contribution in [1.82, 2.24) is 0 Å². The van der Waals surface area contributed by atoms with Crippen molar-refractivity contribution in [2.45, 2.75) is 30.2 Å². The number of hydrogen-bond donors (Lipinski definition) is 1. The lowest BCUT2D eigenvalue weighted by atomic mass is 10.1. The Morgan fingerprint density at radius 3 is 2.38 bits per heavy atom. The zero-order valence-corrected chi connectivity index (χ0v) is 14.5. The number of carbonyl (C=O) groups excluding carboxylic acids is 1. The van der Waals surface area contributed by atoms with Gasteiger partial charge in [0.15, 0.2) is 0 Å². The number of alkyl halides is 3. The highest BCUT2D eigenvalue weighted by atomic mass is 35.5. The number of nitrogens with one attached hydrogen (secondary N) is 1. The maximum Gasteiger partial charge on any atom is 0.418 e. The first-order chi connectivity index (χ1) is 11.2. The van der Waals surface area contributed by atoms with Crippen molar-refractivity contribution in [3.8, 4) is 0 Å². The summed E-state index contributed by atoms with van der Waals surface area (Å²) in [7, 11) is 0. The van der Waals surface area contributed by atoms with Gasteiger partial charge >= 0.3 is 6.18 Å². The van der Waals surface area contributed by atoms with Crippen LogP contribution in [0.5, 0.6) is 0 Å². The molecule has 2 aromatic carbocycles. The largest absolute Gasteiger partial charge is 0.418 e. The average Bonchev–Trinajstić information content (AvgIpc) is 2.50. The zero-order valence-electron chi connectivity index (χ0n) is 12.9. The highest BCUT2D eigenvalue weighted by Gasteiger charge is 2.34. The van der Waals surface area contributed by atoms with Gasteiger partial charge in [-0.2, -0.15) is 13.2 Å². The van der Waals surface area contributed by atoms with Gasteiger partial charge in [0.25, 0.3) is 0 Å². The Labute approximate surface area is 147 Å². The SMILES string of the molecule is Cc1ccc(SC(C)C(=O)Nc2ccc(Cl)cc2C(F)(F)F)cc1. The summed E-state index contributed by atoms with van der Waals surface area (Å²) in [6, 6.07) is 10.8. The van der Waals surface area contributed by atoms with Crippen molar-refractivity contribution in [2.24, 2.45) is 0 Å². The standard InChI is InChI=1S/C17H15ClF3NOS/c1-10-3-6-13(7-4-10)24-11(2)16(23)22-15-8-5-12(18)9-14(15)17(19,20)21/h3-9,11H,1-2H3,(H,22,23). The minimum absolute atomic E-state index is 0.0394. The molecule has 0 heterocycles. The normalized spacial score (nSPS) is 12.8. The molecule has 0 radical (unpaired) electrons. The maximum atomic E-state index is 13.0. The fraction of sp³-hybridized carbons (Fsp3) is 0.235. The number of benzene rings is 2. The second-order valence-corrected chi connectivity index (χ2v) is 7.10. The van der Waals surface area contributed by atoms with E-state index in [4.69, 9.17) is 11.6 Å². The van der Waals surface area contributed by atoms with Crippen molar-refractivity contribution >= 4 is 35.0 Å². The van der Waals surface area contributed by atoms with E-state index in [9.17, 15) is 18.0 Å². The molecule has 1 N–H and O–H groups in total. The maximum absolute atomic E-state index is 13.0. The van der Waals surface area contributed by atoms with Gasteiger partial charge in [0, 0.05) is 9.92 Å². The van der Waals surface area contributed by atoms with E-state index in [0.717, 1.165) is 22.6 Å². The van der Waals surface area contributed by atoms with Gasteiger partial charge in [0.2, 0.25) is 5.91 Å². The summed E-state index contributed by atoms with van der Waals surface area (Å²) in [5, 5.41) is 1.75. The lowest BCUT2D eigenvalue weighted by Crippen LogP contribution is -2.24. The lowest BCUT2D eigenvalue weighted by Gasteiger charge is -2.16. The van der Waals surface area contributed by atoms with Crippen LogP contribution in [-0.4, -0.2) is 11.2 Å². The second-order valence-electron chi connectivity index (χ2n) is 5.25. The molecular weight excluding hydrogens is 359 g/mol. The Kier molecular flexibility index (Phi) is 5.83. The van der Waals surface area contributed by atoms with Crippen molar-refractivity contribution in [3.05, 3.63) is 58.6 Å². The quantitative estimate of drug-likeness (QED) is 0.687. The van der Waals surface area contributed by atoms with Crippen LogP contribution >= 0.6 is 23.4 Å². The fourth-order valence-corrected chi connectivity index (χ4v) is 3.01. The molecule has 1 atom stereocenters. The van der Waals surface area contributed by atoms with Crippen LogP contribution in [-0.2, 0) is 11.0 Å². The molecule has 0 fully saturated rings. The Morgan fingerprint density at radius 2 is 1.79 bits per heavy atom. The Bertz CT molecular complexity index is 732. The van der Waals surface area contributed by atoms with E-state index in [1.165, 1.54) is 17.8 Å². The summed E-state index contributed by atoms with van der Waals surface area (Å²) in [6.45, 7) is 3.59. The van der Waals surface area contributed by atoms with Crippen LogP contribution in [0.15, 0.2) is 47.4 Å². The summed E-state index contributed by atoms with van der Waals surface area (Å²) >= 11 is 6.90. The van der Waals surface area contributed by atoms with Crippen molar-refractivity contribution < 1.29 is 18.0 Å². The predicted molar refractivity (Wildman–Crippen MR) is 91.6 cm³/mol. The lowest BCUT2D eigenvalue weighted by molar-refractivity contribution is -0.137. The Morgan fingerprint density at radius 1 is 1.17 bits per heavy atom. The molecule has 1 amide bonds. The Hall–Kier alpha value is -1.66. The first-order valence-electron chi connectivity index (χ1n) is 7.08. The smallest absolute Gasteiger partial charge is 0.325 e. The van der Waals surface area contributed by atoms with Gasteiger partial charge in [-0.25, -0.2) is 0 Å². The molecule has 0 aliphatic rings. The van der Waals surface area contributed by atoms with Crippen molar-refractivity contribution in [2.75, 3.05) is 5.32 Å². The Balaban J connectivity index is 2.13. The molecule has 7 heteroatoms. The summed E-state index contributed by atoms with van der Waals surface area (Å²) in [5.74, 6) is -0.506. The summed E-state index contributed by atoms with van der Waals surface area (Å²) in [6.07, 6.45) is -4.60. The first kappa shape index (κ1) is 18.7. The van der Waals surface area contributed by atoms with Crippen molar-refractivity contribution in [1.29, 1.82) is 0 Å². The van der Waals surface area contributed by atoms with Gasteiger partial charge in [-0.1, -0.05) is 29.3 Å². The van der Waals surface area contributed by atoms with Crippen LogP contribution in [0, 0.1) is 6.92 Å². The van der Waals surface area contributed by atoms with E-state index in [-0.39, 0.29) is 10.7 Å². The van der Waals surface area contributed by atoms with Gasteiger partial charge in [0.1, 0.15) is 0 Å². The second kappa shape index (κ2) is 7.49. The van der Waals surface area contributed by atoms with Gasteiger partial charge in [-0.3, -0.25) is 4.79 Å².